The molecule has 12 heavy (non-hydrogen) atoms. The number of hydrogen-bond acceptors (Lipinski definition) is 2. The number of hydrogen-bond donors (Lipinski definition) is 1. The predicted molar refractivity (Wildman–Crippen MR) is 42.9 cm³/mol. The minimum Gasteiger partial charge on any atom is -0.508 e. The van der Waals surface area contributed by atoms with Gasteiger partial charge in [0.15, 0.2) is 0 Å². The lowest BCUT2D eigenvalue weighted by molar-refractivity contribution is -0.109. The number of aromatic hydroxyl groups is 1. The van der Waals surface area contributed by atoms with E-state index in [1.807, 2.05) is 0 Å². The molecular formula is C9H9FO2. The van der Waals surface area contributed by atoms with Gasteiger partial charge in [0.05, 0.1) is 5.92 Å². The number of benzene rings is 1. The van der Waals surface area contributed by atoms with E-state index in [2.05, 4.69) is 0 Å². The summed E-state index contributed by atoms with van der Waals surface area (Å²) in [5.41, 5.74) is 0.588. The summed E-state index contributed by atoms with van der Waals surface area (Å²) in [5, 5.41) is 8.90. The zero-order valence-corrected chi connectivity index (χ0v) is 6.40. The first-order valence-corrected chi connectivity index (χ1v) is 3.58. The van der Waals surface area contributed by atoms with Gasteiger partial charge < -0.3 is 9.90 Å². The maximum Gasteiger partial charge on any atom is 0.130 e. The third-order valence-corrected chi connectivity index (χ3v) is 1.65. The maximum absolute atomic E-state index is 12.2. The molecule has 1 atom stereocenters. The molecular weight excluding hydrogens is 159 g/mol. The number of rotatable bonds is 3. The van der Waals surface area contributed by atoms with Crippen LogP contribution in [0.15, 0.2) is 24.3 Å². The van der Waals surface area contributed by atoms with Crippen molar-refractivity contribution >= 4 is 6.29 Å². The first kappa shape index (κ1) is 8.71. The summed E-state index contributed by atoms with van der Waals surface area (Å²) < 4.78 is 12.2. The predicted octanol–water partition coefficient (Wildman–Crippen LogP) is 1.64. The number of halogens is 1. The van der Waals surface area contributed by atoms with Gasteiger partial charge in [-0.1, -0.05) is 12.1 Å². The van der Waals surface area contributed by atoms with Crippen molar-refractivity contribution < 1.29 is 14.3 Å². The van der Waals surface area contributed by atoms with Gasteiger partial charge >= 0.3 is 0 Å². The van der Waals surface area contributed by atoms with E-state index in [4.69, 9.17) is 5.11 Å². The first-order valence-electron chi connectivity index (χ1n) is 3.58. The van der Waals surface area contributed by atoms with Gasteiger partial charge in [-0.3, -0.25) is 0 Å². The molecule has 0 aliphatic carbocycles. The highest BCUT2D eigenvalue weighted by molar-refractivity contribution is 5.62. The Bertz CT molecular complexity index is 256. The molecule has 0 amide bonds. The van der Waals surface area contributed by atoms with Crippen LogP contribution in [0.4, 0.5) is 4.39 Å². The standard InChI is InChI=1S/C9H9FO2/c10-5-8(6-11)7-1-3-9(12)4-2-7/h1-4,6,8,12H,5H2. The van der Waals surface area contributed by atoms with Gasteiger partial charge in [0, 0.05) is 0 Å². The van der Waals surface area contributed by atoms with Gasteiger partial charge in [-0.2, -0.15) is 0 Å². The number of phenols is 1. The Labute approximate surface area is 69.6 Å². The van der Waals surface area contributed by atoms with E-state index in [0.717, 1.165) is 0 Å². The molecule has 0 radical (unpaired) electrons. The molecule has 0 bridgehead atoms. The minimum absolute atomic E-state index is 0.113. The van der Waals surface area contributed by atoms with E-state index in [0.29, 0.717) is 11.8 Å². The van der Waals surface area contributed by atoms with Crippen LogP contribution in [-0.4, -0.2) is 18.1 Å². The molecule has 0 saturated carbocycles. The van der Waals surface area contributed by atoms with Crippen molar-refractivity contribution in [1.29, 1.82) is 0 Å². The van der Waals surface area contributed by atoms with Gasteiger partial charge in [-0.05, 0) is 17.7 Å². The van der Waals surface area contributed by atoms with Crippen LogP contribution in [0, 0.1) is 0 Å². The number of carbonyl (C=O) groups excluding carboxylic acids is 1. The number of carbonyl (C=O) groups is 1. The van der Waals surface area contributed by atoms with E-state index in [9.17, 15) is 9.18 Å². The van der Waals surface area contributed by atoms with Gasteiger partial charge in [0.25, 0.3) is 0 Å². The zero-order valence-electron chi connectivity index (χ0n) is 6.40. The Morgan fingerprint density at radius 2 is 2.00 bits per heavy atom. The molecule has 2 nitrogen and oxygen atoms in total. The highest BCUT2D eigenvalue weighted by Gasteiger charge is 2.08. The Hall–Kier alpha value is -1.38. The summed E-state index contributed by atoms with van der Waals surface area (Å²) in [6.45, 7) is -0.700. The number of alkyl halides is 1. The maximum atomic E-state index is 12.2. The van der Waals surface area contributed by atoms with Crippen LogP contribution in [0.1, 0.15) is 11.5 Å². The summed E-state index contributed by atoms with van der Waals surface area (Å²) in [5.74, 6) is -0.590. The fraction of sp³-hybridized carbons (Fsp3) is 0.222. The van der Waals surface area contributed by atoms with Gasteiger partial charge in [0.1, 0.15) is 18.7 Å². The van der Waals surface area contributed by atoms with Gasteiger partial charge in [0.2, 0.25) is 0 Å². The van der Waals surface area contributed by atoms with Crippen molar-refractivity contribution in [3.63, 3.8) is 0 Å². The second kappa shape index (κ2) is 3.85. The van der Waals surface area contributed by atoms with E-state index in [1.54, 1.807) is 0 Å². The van der Waals surface area contributed by atoms with Crippen LogP contribution in [0.2, 0.25) is 0 Å². The molecule has 1 N–H and O–H groups in total. The van der Waals surface area contributed by atoms with Crippen molar-refractivity contribution in [3.05, 3.63) is 29.8 Å². The molecule has 0 saturated heterocycles. The summed E-state index contributed by atoms with van der Waals surface area (Å²) in [6, 6.07) is 5.94. The second-order valence-corrected chi connectivity index (χ2v) is 2.49. The lowest BCUT2D eigenvalue weighted by Gasteiger charge is -2.04. The summed E-state index contributed by atoms with van der Waals surface area (Å²) in [4.78, 5) is 10.3. The molecule has 0 fully saturated rings. The van der Waals surface area contributed by atoms with Crippen LogP contribution >= 0.6 is 0 Å². The van der Waals surface area contributed by atoms with Crippen LogP contribution < -0.4 is 0 Å². The van der Waals surface area contributed by atoms with E-state index < -0.39 is 12.6 Å². The van der Waals surface area contributed by atoms with Crippen LogP contribution in [0.25, 0.3) is 0 Å². The first-order chi connectivity index (χ1) is 5.77. The van der Waals surface area contributed by atoms with Gasteiger partial charge in [-0.25, -0.2) is 4.39 Å². The Morgan fingerprint density at radius 1 is 1.42 bits per heavy atom. The SMILES string of the molecule is O=CC(CF)c1ccc(O)cc1. The molecule has 1 unspecified atom stereocenters. The average molecular weight is 168 g/mol. The van der Waals surface area contributed by atoms with Gasteiger partial charge in [-0.15, -0.1) is 0 Å². The molecule has 1 rings (SSSR count). The molecule has 0 aliphatic rings. The topological polar surface area (TPSA) is 37.3 Å². The highest BCUT2D eigenvalue weighted by atomic mass is 19.1. The van der Waals surface area contributed by atoms with E-state index in [-0.39, 0.29) is 5.75 Å². The number of phenolic OH excluding ortho intramolecular Hbond substituents is 1. The van der Waals surface area contributed by atoms with Crippen molar-refractivity contribution in [2.24, 2.45) is 0 Å². The van der Waals surface area contributed by atoms with Crippen LogP contribution in [0.3, 0.4) is 0 Å². The largest absolute Gasteiger partial charge is 0.508 e. The summed E-state index contributed by atoms with van der Waals surface area (Å²) in [6.07, 6.45) is 0.562. The molecule has 1 aromatic carbocycles. The smallest absolute Gasteiger partial charge is 0.130 e. The van der Waals surface area contributed by atoms with Crippen molar-refractivity contribution in [1.82, 2.24) is 0 Å². The van der Waals surface area contributed by atoms with Crippen molar-refractivity contribution in [3.8, 4) is 5.75 Å². The molecule has 64 valence electrons. The lowest BCUT2D eigenvalue weighted by Crippen LogP contribution is -2.01. The highest BCUT2D eigenvalue weighted by Crippen LogP contribution is 2.17. The third-order valence-electron chi connectivity index (χ3n) is 1.65. The number of aldehydes is 1. The molecule has 0 spiro atoms. The summed E-state index contributed by atoms with van der Waals surface area (Å²) in [7, 11) is 0. The average Bonchev–Trinajstić information content (AvgIpc) is 2.10. The lowest BCUT2D eigenvalue weighted by atomic mass is 10.0. The molecule has 0 aromatic heterocycles. The van der Waals surface area contributed by atoms with E-state index in [1.165, 1.54) is 24.3 Å². The monoisotopic (exact) mass is 168 g/mol. The fourth-order valence-electron chi connectivity index (χ4n) is 0.926. The fourth-order valence-corrected chi connectivity index (χ4v) is 0.926. The molecule has 0 heterocycles. The van der Waals surface area contributed by atoms with Crippen LogP contribution in [0.5, 0.6) is 5.75 Å². The van der Waals surface area contributed by atoms with Crippen molar-refractivity contribution in [2.75, 3.05) is 6.67 Å². The van der Waals surface area contributed by atoms with Crippen molar-refractivity contribution in [2.45, 2.75) is 5.92 Å². The zero-order chi connectivity index (χ0) is 8.97. The molecule has 3 heteroatoms. The van der Waals surface area contributed by atoms with E-state index >= 15 is 0 Å². The summed E-state index contributed by atoms with van der Waals surface area (Å²) >= 11 is 0. The van der Waals surface area contributed by atoms with Crippen LogP contribution in [-0.2, 0) is 4.79 Å². The Balaban J connectivity index is 2.87. The third kappa shape index (κ3) is 1.81. The quantitative estimate of drug-likeness (QED) is 0.696. The molecule has 0 aliphatic heterocycles. The second-order valence-electron chi connectivity index (χ2n) is 2.49. The molecule has 1 aromatic rings. The Kier molecular flexibility index (Phi) is 2.80. The minimum atomic E-state index is -0.703. The Morgan fingerprint density at radius 3 is 2.42 bits per heavy atom. The normalized spacial score (nSPS) is 12.4.